The zero-order valence-corrected chi connectivity index (χ0v) is 13.4. The van der Waals surface area contributed by atoms with Crippen molar-refractivity contribution in [2.24, 2.45) is 0 Å². The summed E-state index contributed by atoms with van der Waals surface area (Å²) >= 11 is 3.27. The Bertz CT molecular complexity index is 558. The van der Waals surface area contributed by atoms with Crippen LogP contribution in [-0.4, -0.2) is 42.4 Å². The fraction of sp³-hybridized carbons (Fsp3) is 0.533. The SMILES string of the molecule is CC1COC2(CCN(C(=O)c3cc(Br)ccc3F)CC2)O1. The molecule has 0 aromatic heterocycles. The van der Waals surface area contributed by atoms with Crippen LogP contribution in [0, 0.1) is 5.82 Å². The fourth-order valence-corrected chi connectivity index (χ4v) is 3.21. The van der Waals surface area contributed by atoms with E-state index in [1.54, 1.807) is 11.0 Å². The van der Waals surface area contributed by atoms with Gasteiger partial charge in [0.1, 0.15) is 5.82 Å². The van der Waals surface area contributed by atoms with Crippen molar-refractivity contribution in [1.82, 2.24) is 4.90 Å². The molecule has 4 nitrogen and oxygen atoms in total. The molecule has 1 unspecified atom stereocenters. The second-order valence-electron chi connectivity index (χ2n) is 5.57. The molecule has 0 N–H and O–H groups in total. The van der Waals surface area contributed by atoms with Gasteiger partial charge in [0, 0.05) is 30.4 Å². The maximum Gasteiger partial charge on any atom is 0.256 e. The molecular formula is C15H17BrFNO3. The van der Waals surface area contributed by atoms with E-state index in [2.05, 4.69) is 15.9 Å². The zero-order chi connectivity index (χ0) is 15.0. The molecule has 1 spiro atoms. The molecule has 1 aromatic rings. The quantitative estimate of drug-likeness (QED) is 0.775. The number of amides is 1. The number of piperidine rings is 1. The lowest BCUT2D eigenvalue weighted by Crippen LogP contribution is -2.47. The highest BCUT2D eigenvalue weighted by atomic mass is 79.9. The maximum absolute atomic E-state index is 13.8. The van der Waals surface area contributed by atoms with E-state index in [9.17, 15) is 9.18 Å². The van der Waals surface area contributed by atoms with E-state index in [-0.39, 0.29) is 17.6 Å². The van der Waals surface area contributed by atoms with Crippen LogP contribution in [0.4, 0.5) is 4.39 Å². The summed E-state index contributed by atoms with van der Waals surface area (Å²) in [7, 11) is 0. The van der Waals surface area contributed by atoms with Crippen LogP contribution >= 0.6 is 15.9 Å². The number of nitrogens with zero attached hydrogens (tertiary/aromatic N) is 1. The van der Waals surface area contributed by atoms with E-state index in [1.165, 1.54) is 12.1 Å². The molecule has 0 aliphatic carbocycles. The molecular weight excluding hydrogens is 341 g/mol. The first-order valence-electron chi connectivity index (χ1n) is 7.05. The molecule has 114 valence electrons. The number of rotatable bonds is 1. The summed E-state index contributed by atoms with van der Waals surface area (Å²) in [5.74, 6) is -1.33. The first-order chi connectivity index (χ1) is 9.99. The lowest BCUT2D eigenvalue weighted by atomic mass is 10.0. The van der Waals surface area contributed by atoms with Gasteiger partial charge in [-0.2, -0.15) is 0 Å². The van der Waals surface area contributed by atoms with Crippen molar-refractivity contribution in [2.45, 2.75) is 31.7 Å². The van der Waals surface area contributed by atoms with Gasteiger partial charge < -0.3 is 14.4 Å². The smallest absolute Gasteiger partial charge is 0.256 e. The van der Waals surface area contributed by atoms with Gasteiger partial charge in [0.25, 0.3) is 5.91 Å². The topological polar surface area (TPSA) is 38.8 Å². The fourth-order valence-electron chi connectivity index (χ4n) is 2.85. The van der Waals surface area contributed by atoms with Gasteiger partial charge in [-0.05, 0) is 25.1 Å². The number of carbonyl (C=O) groups excluding carboxylic acids is 1. The van der Waals surface area contributed by atoms with Crippen molar-refractivity contribution in [1.29, 1.82) is 0 Å². The Morgan fingerprint density at radius 3 is 2.76 bits per heavy atom. The zero-order valence-electron chi connectivity index (χ0n) is 11.8. The molecule has 0 radical (unpaired) electrons. The molecule has 1 amide bonds. The van der Waals surface area contributed by atoms with Crippen molar-refractivity contribution >= 4 is 21.8 Å². The number of halogens is 2. The number of benzene rings is 1. The second-order valence-corrected chi connectivity index (χ2v) is 6.48. The highest BCUT2D eigenvalue weighted by Gasteiger charge is 2.43. The molecule has 2 fully saturated rings. The molecule has 2 heterocycles. The highest BCUT2D eigenvalue weighted by molar-refractivity contribution is 9.10. The molecule has 1 aromatic carbocycles. The summed E-state index contributed by atoms with van der Waals surface area (Å²) in [4.78, 5) is 14.1. The van der Waals surface area contributed by atoms with E-state index in [0.717, 1.165) is 0 Å². The van der Waals surface area contributed by atoms with Crippen LogP contribution in [0.15, 0.2) is 22.7 Å². The number of hydrogen-bond acceptors (Lipinski definition) is 3. The summed E-state index contributed by atoms with van der Waals surface area (Å²) < 4.78 is 26.0. The lowest BCUT2D eigenvalue weighted by Gasteiger charge is -2.37. The number of ether oxygens (including phenoxy) is 2. The van der Waals surface area contributed by atoms with Gasteiger partial charge in [-0.25, -0.2) is 4.39 Å². The Morgan fingerprint density at radius 1 is 1.43 bits per heavy atom. The number of likely N-dealkylation sites (tertiary alicyclic amines) is 1. The van der Waals surface area contributed by atoms with Crippen LogP contribution in [0.2, 0.25) is 0 Å². The summed E-state index contributed by atoms with van der Waals surface area (Å²) in [6, 6.07) is 4.40. The average Bonchev–Trinajstić information content (AvgIpc) is 2.83. The Morgan fingerprint density at radius 2 is 2.14 bits per heavy atom. The summed E-state index contributed by atoms with van der Waals surface area (Å²) in [5.41, 5.74) is 0.0990. The molecule has 0 saturated carbocycles. The molecule has 3 rings (SSSR count). The monoisotopic (exact) mass is 357 g/mol. The van der Waals surface area contributed by atoms with Crippen LogP contribution in [0.5, 0.6) is 0 Å². The van der Waals surface area contributed by atoms with E-state index in [0.29, 0.717) is 37.0 Å². The third-order valence-corrected chi connectivity index (χ3v) is 4.46. The highest BCUT2D eigenvalue weighted by Crippen LogP contribution is 2.34. The summed E-state index contributed by atoms with van der Waals surface area (Å²) in [6.45, 7) is 3.59. The maximum atomic E-state index is 13.8. The Balaban J connectivity index is 1.69. The minimum absolute atomic E-state index is 0.0924. The van der Waals surface area contributed by atoms with Crippen molar-refractivity contribution < 1.29 is 18.7 Å². The normalized spacial score (nSPS) is 24.5. The Kier molecular flexibility index (Phi) is 4.03. The van der Waals surface area contributed by atoms with Gasteiger partial charge >= 0.3 is 0 Å². The molecule has 2 aliphatic rings. The van der Waals surface area contributed by atoms with Gasteiger partial charge in [-0.15, -0.1) is 0 Å². The third-order valence-electron chi connectivity index (χ3n) is 3.97. The van der Waals surface area contributed by atoms with Crippen LogP contribution in [0.3, 0.4) is 0 Å². The molecule has 6 heteroatoms. The molecule has 1 atom stereocenters. The third kappa shape index (κ3) is 2.98. The van der Waals surface area contributed by atoms with Gasteiger partial charge in [0.05, 0.1) is 18.3 Å². The van der Waals surface area contributed by atoms with E-state index < -0.39 is 11.6 Å². The Hall–Kier alpha value is -0.980. The second kappa shape index (κ2) is 5.66. The first kappa shape index (κ1) is 14.9. The van der Waals surface area contributed by atoms with Crippen molar-refractivity contribution in [3.63, 3.8) is 0 Å². The molecule has 2 saturated heterocycles. The predicted octanol–water partition coefficient (Wildman–Crippen LogP) is 2.96. The van der Waals surface area contributed by atoms with Gasteiger partial charge in [0.15, 0.2) is 5.79 Å². The minimum atomic E-state index is -0.550. The predicted molar refractivity (Wildman–Crippen MR) is 78.5 cm³/mol. The molecule has 0 bridgehead atoms. The number of carbonyl (C=O) groups is 1. The van der Waals surface area contributed by atoms with Gasteiger partial charge in [-0.3, -0.25) is 4.79 Å². The van der Waals surface area contributed by atoms with Crippen LogP contribution < -0.4 is 0 Å². The van der Waals surface area contributed by atoms with Gasteiger partial charge in [-0.1, -0.05) is 15.9 Å². The van der Waals surface area contributed by atoms with Crippen molar-refractivity contribution in [3.05, 3.63) is 34.1 Å². The minimum Gasteiger partial charge on any atom is -0.347 e. The number of hydrogen-bond donors (Lipinski definition) is 0. The van der Waals surface area contributed by atoms with Crippen molar-refractivity contribution in [3.8, 4) is 0 Å². The lowest BCUT2D eigenvalue weighted by molar-refractivity contribution is -0.189. The van der Waals surface area contributed by atoms with Crippen molar-refractivity contribution in [2.75, 3.05) is 19.7 Å². The van der Waals surface area contributed by atoms with Gasteiger partial charge in [0.2, 0.25) is 0 Å². The van der Waals surface area contributed by atoms with E-state index >= 15 is 0 Å². The largest absolute Gasteiger partial charge is 0.347 e. The van der Waals surface area contributed by atoms with Crippen LogP contribution in [0.1, 0.15) is 30.1 Å². The Labute approximate surface area is 131 Å². The van der Waals surface area contributed by atoms with E-state index in [4.69, 9.17) is 9.47 Å². The van der Waals surface area contributed by atoms with Crippen LogP contribution in [-0.2, 0) is 9.47 Å². The first-order valence-corrected chi connectivity index (χ1v) is 7.84. The summed E-state index contributed by atoms with van der Waals surface area (Å²) in [6.07, 6.45) is 1.34. The van der Waals surface area contributed by atoms with Crippen LogP contribution in [0.25, 0.3) is 0 Å². The van der Waals surface area contributed by atoms with E-state index in [1.807, 2.05) is 6.92 Å². The molecule has 2 aliphatic heterocycles. The standard InChI is InChI=1S/C15H17BrFNO3/c1-10-9-20-15(21-10)4-6-18(7-5-15)14(19)12-8-11(16)2-3-13(12)17/h2-3,8,10H,4-7,9H2,1H3. The summed E-state index contributed by atoms with van der Waals surface area (Å²) in [5, 5.41) is 0. The average molecular weight is 358 g/mol. The molecule has 21 heavy (non-hydrogen) atoms.